The van der Waals surface area contributed by atoms with Crippen LogP contribution < -0.4 is 10.6 Å². The molecule has 1 unspecified atom stereocenters. The molecule has 9 heteroatoms. The largest absolute Gasteiger partial charge is 0.419 e. The van der Waals surface area contributed by atoms with Crippen molar-refractivity contribution in [2.75, 3.05) is 18.6 Å². The second kappa shape index (κ2) is 7.41. The molecule has 4 nitrogen and oxygen atoms in total. The number of nitrogens with zero attached hydrogens (tertiary/aromatic N) is 2. The van der Waals surface area contributed by atoms with E-state index in [-0.39, 0.29) is 5.56 Å². The summed E-state index contributed by atoms with van der Waals surface area (Å²) in [5, 5.41) is 4.18. The number of hydrogen-bond donors (Lipinski definition) is 1. The van der Waals surface area contributed by atoms with E-state index in [1.807, 2.05) is 0 Å². The first-order valence-electron chi connectivity index (χ1n) is 8.84. The zero-order valence-electron chi connectivity index (χ0n) is 16.3. The third-order valence-corrected chi connectivity index (χ3v) is 6.09. The summed E-state index contributed by atoms with van der Waals surface area (Å²) < 4.78 is 66.0. The first kappa shape index (κ1) is 21.2. The molecule has 0 saturated carbocycles. The molecule has 1 heterocycles. The number of alkyl halides is 3. The normalized spacial score (nSPS) is 13.5. The third-order valence-electron chi connectivity index (χ3n) is 4.57. The molecule has 1 atom stereocenters. The molecule has 0 bridgehead atoms. The number of anilines is 1. The maximum atomic E-state index is 14.5. The van der Waals surface area contributed by atoms with Crippen molar-refractivity contribution < 1.29 is 22.1 Å². The number of nitrogens with one attached hydrogen (secondary N) is 1. The minimum absolute atomic E-state index is 0.128. The molecule has 0 fully saturated rings. The van der Waals surface area contributed by atoms with Gasteiger partial charge in [-0.15, -0.1) is 0 Å². The van der Waals surface area contributed by atoms with Crippen LogP contribution in [0.1, 0.15) is 29.9 Å². The van der Waals surface area contributed by atoms with Gasteiger partial charge in [0.2, 0.25) is 0 Å². The minimum Gasteiger partial charge on any atom is -0.363 e. The smallest absolute Gasteiger partial charge is 0.363 e. The first-order chi connectivity index (χ1) is 13.4. The summed E-state index contributed by atoms with van der Waals surface area (Å²) in [6.45, 7) is 6.50. The lowest BCUT2D eigenvalue weighted by atomic mass is 10.0. The molecule has 2 aromatic carbocycles. The average molecular weight is 425 g/mol. The van der Waals surface area contributed by atoms with Gasteiger partial charge in [0, 0.05) is 16.3 Å². The van der Waals surface area contributed by atoms with Crippen molar-refractivity contribution in [1.82, 2.24) is 9.97 Å². The summed E-state index contributed by atoms with van der Waals surface area (Å²) in [5.74, 6) is -0.532. The van der Waals surface area contributed by atoms with E-state index in [0.29, 0.717) is 33.9 Å². The number of fused-ring (bicyclic) bond motifs is 1. The van der Waals surface area contributed by atoms with Crippen LogP contribution >= 0.6 is 7.14 Å². The van der Waals surface area contributed by atoms with E-state index in [1.54, 1.807) is 45.4 Å². The van der Waals surface area contributed by atoms with Gasteiger partial charge < -0.3 is 9.88 Å². The lowest BCUT2D eigenvalue weighted by Crippen LogP contribution is -2.15. The van der Waals surface area contributed by atoms with E-state index in [0.717, 1.165) is 0 Å². The molecular weight excluding hydrogens is 405 g/mol. The Hall–Kier alpha value is -2.47. The summed E-state index contributed by atoms with van der Waals surface area (Å²) in [6.07, 6.45) is -4.78. The molecule has 1 N–H and O–H groups in total. The van der Waals surface area contributed by atoms with Crippen molar-refractivity contribution in [2.24, 2.45) is 0 Å². The Morgan fingerprint density at radius 2 is 1.79 bits per heavy atom. The summed E-state index contributed by atoms with van der Waals surface area (Å²) in [5.41, 5.74) is -0.849. The van der Waals surface area contributed by atoms with Crippen LogP contribution in [-0.4, -0.2) is 23.3 Å². The van der Waals surface area contributed by atoms with Crippen LogP contribution in [-0.2, 0) is 10.7 Å². The molecule has 0 aliphatic rings. The van der Waals surface area contributed by atoms with Gasteiger partial charge in [-0.25, -0.2) is 14.4 Å². The van der Waals surface area contributed by atoms with Crippen LogP contribution in [0, 0.1) is 12.7 Å². The predicted octanol–water partition coefficient (Wildman–Crippen LogP) is 5.52. The highest BCUT2D eigenvalue weighted by Gasteiger charge is 2.35. The van der Waals surface area contributed by atoms with Gasteiger partial charge in [0.1, 0.15) is 24.6 Å². The zero-order valence-corrected chi connectivity index (χ0v) is 17.2. The monoisotopic (exact) mass is 425 g/mol. The Kier molecular flexibility index (Phi) is 5.43. The summed E-state index contributed by atoms with van der Waals surface area (Å²) in [4.78, 5) is 8.67. The van der Waals surface area contributed by atoms with Gasteiger partial charge in [-0.05, 0) is 51.4 Å². The topological polar surface area (TPSA) is 54.9 Å². The summed E-state index contributed by atoms with van der Waals surface area (Å²) in [6, 6.07) is 7.54. The molecule has 29 heavy (non-hydrogen) atoms. The highest BCUT2D eigenvalue weighted by molar-refractivity contribution is 7.70. The van der Waals surface area contributed by atoms with E-state index in [2.05, 4.69) is 15.3 Å². The fraction of sp³-hybridized carbons (Fsp3) is 0.300. The van der Waals surface area contributed by atoms with Crippen molar-refractivity contribution >= 4 is 29.2 Å². The molecular formula is C20H20F4N3OP. The van der Waals surface area contributed by atoms with Crippen LogP contribution in [0.5, 0.6) is 0 Å². The van der Waals surface area contributed by atoms with Gasteiger partial charge in [-0.3, -0.25) is 0 Å². The minimum atomic E-state index is -4.78. The highest BCUT2D eigenvalue weighted by atomic mass is 31.2. The molecule has 0 spiro atoms. The number of benzene rings is 2. The Morgan fingerprint density at radius 1 is 1.10 bits per heavy atom. The molecule has 0 radical (unpaired) electrons. The van der Waals surface area contributed by atoms with E-state index < -0.39 is 30.7 Å². The molecule has 1 aromatic heterocycles. The first-order valence-corrected chi connectivity index (χ1v) is 11.4. The van der Waals surface area contributed by atoms with Crippen molar-refractivity contribution in [3.05, 3.63) is 59.2 Å². The fourth-order valence-corrected chi connectivity index (χ4v) is 3.94. The standard InChI is InChI=1S/C20H20F4N3OP/c1-11(14-6-5-7-16(18(14)21)20(22,23)24)25-19-15-10-13(29(3,4)28)8-9-17(15)26-12(2)27-19/h5-11H,1-4H3,(H,25,26,27). The van der Waals surface area contributed by atoms with Gasteiger partial charge in [0.25, 0.3) is 0 Å². The molecule has 154 valence electrons. The molecule has 3 aromatic rings. The van der Waals surface area contributed by atoms with Gasteiger partial charge in [-0.1, -0.05) is 12.1 Å². The number of rotatable bonds is 4. The highest BCUT2D eigenvalue weighted by Crippen LogP contribution is 2.37. The third kappa shape index (κ3) is 4.42. The number of hydrogen-bond acceptors (Lipinski definition) is 4. The van der Waals surface area contributed by atoms with Gasteiger partial charge >= 0.3 is 6.18 Å². The number of aromatic nitrogens is 2. The van der Waals surface area contributed by atoms with Gasteiger partial charge in [0.05, 0.1) is 17.1 Å². The molecule has 0 amide bonds. The predicted molar refractivity (Wildman–Crippen MR) is 107 cm³/mol. The molecule has 0 saturated heterocycles. The number of aryl methyl sites for hydroxylation is 1. The second-order valence-electron chi connectivity index (χ2n) is 7.24. The van der Waals surface area contributed by atoms with Crippen LogP contribution in [0.15, 0.2) is 36.4 Å². The van der Waals surface area contributed by atoms with Crippen LogP contribution in [0.4, 0.5) is 23.4 Å². The Balaban J connectivity index is 2.07. The lowest BCUT2D eigenvalue weighted by Gasteiger charge is -2.19. The van der Waals surface area contributed by atoms with E-state index in [4.69, 9.17) is 0 Å². The zero-order chi connectivity index (χ0) is 21.6. The van der Waals surface area contributed by atoms with E-state index >= 15 is 0 Å². The van der Waals surface area contributed by atoms with Crippen molar-refractivity contribution in [3.8, 4) is 0 Å². The maximum absolute atomic E-state index is 14.5. The SMILES string of the molecule is Cc1nc(NC(C)c2cccc(C(F)(F)F)c2F)c2cc(P(C)(C)=O)ccc2n1. The van der Waals surface area contributed by atoms with Crippen molar-refractivity contribution in [3.63, 3.8) is 0 Å². The van der Waals surface area contributed by atoms with Crippen LogP contribution in [0.3, 0.4) is 0 Å². The summed E-state index contributed by atoms with van der Waals surface area (Å²) in [7, 11) is -2.55. The Morgan fingerprint density at radius 3 is 2.41 bits per heavy atom. The van der Waals surface area contributed by atoms with Crippen LogP contribution in [0.25, 0.3) is 10.9 Å². The maximum Gasteiger partial charge on any atom is 0.419 e. The molecule has 0 aliphatic heterocycles. The Bertz CT molecular complexity index is 1120. The van der Waals surface area contributed by atoms with Crippen molar-refractivity contribution in [1.29, 1.82) is 0 Å². The second-order valence-corrected chi connectivity index (χ2v) is 10.5. The summed E-state index contributed by atoms with van der Waals surface area (Å²) >= 11 is 0. The van der Waals surface area contributed by atoms with Crippen molar-refractivity contribution in [2.45, 2.75) is 26.1 Å². The average Bonchev–Trinajstić information content (AvgIpc) is 2.59. The van der Waals surface area contributed by atoms with E-state index in [9.17, 15) is 22.1 Å². The fourth-order valence-electron chi connectivity index (χ4n) is 3.06. The lowest BCUT2D eigenvalue weighted by molar-refractivity contribution is -0.140. The quantitative estimate of drug-likeness (QED) is 0.442. The Labute approximate surface area is 165 Å². The molecule has 3 rings (SSSR count). The number of halogens is 4. The van der Waals surface area contributed by atoms with Crippen LogP contribution in [0.2, 0.25) is 0 Å². The van der Waals surface area contributed by atoms with Gasteiger partial charge in [-0.2, -0.15) is 13.2 Å². The molecule has 0 aliphatic carbocycles. The van der Waals surface area contributed by atoms with Gasteiger partial charge in [0.15, 0.2) is 0 Å². The van der Waals surface area contributed by atoms with E-state index in [1.165, 1.54) is 12.1 Å².